The van der Waals surface area contributed by atoms with Gasteiger partial charge >= 0.3 is 0 Å². The van der Waals surface area contributed by atoms with Gasteiger partial charge in [-0.2, -0.15) is 0 Å². The molecule has 2 unspecified atom stereocenters. The average molecular weight is 514 g/mol. The molecule has 2 aromatic rings. The average Bonchev–Trinajstić information content (AvgIpc) is 3.33. The van der Waals surface area contributed by atoms with E-state index in [9.17, 15) is 23.5 Å². The SMILES string of the molecule is CC(Nc1cc(F)cc(F)c1)c1cc(C(=O)N2CC[C@H](O)C2)cc2c1OC(N1CCOCC1)=CC2C=O. The van der Waals surface area contributed by atoms with Crippen LogP contribution in [-0.4, -0.2) is 72.6 Å². The lowest BCUT2D eigenvalue weighted by Gasteiger charge is -2.35. The molecule has 3 atom stereocenters. The Morgan fingerprint density at radius 2 is 1.86 bits per heavy atom. The number of benzene rings is 2. The number of rotatable bonds is 6. The van der Waals surface area contributed by atoms with Crippen LogP contribution in [0, 0.1) is 11.6 Å². The fourth-order valence-corrected chi connectivity index (χ4v) is 5.01. The van der Waals surface area contributed by atoms with E-state index in [2.05, 4.69) is 5.32 Å². The highest BCUT2D eigenvalue weighted by Crippen LogP contribution is 2.42. The molecule has 0 radical (unpaired) electrons. The maximum Gasteiger partial charge on any atom is 0.253 e. The van der Waals surface area contributed by atoms with E-state index in [4.69, 9.17) is 9.47 Å². The highest BCUT2D eigenvalue weighted by Gasteiger charge is 2.32. The number of anilines is 1. The molecule has 0 bridgehead atoms. The van der Waals surface area contributed by atoms with Crippen LogP contribution in [0.5, 0.6) is 5.75 Å². The number of ether oxygens (including phenoxy) is 2. The number of aldehydes is 1. The number of nitrogens with one attached hydrogen (secondary N) is 1. The van der Waals surface area contributed by atoms with Gasteiger partial charge in [-0.15, -0.1) is 0 Å². The zero-order valence-electron chi connectivity index (χ0n) is 20.5. The molecular formula is C27H29F2N3O5. The molecule has 0 aromatic heterocycles. The van der Waals surface area contributed by atoms with Gasteiger partial charge in [0.25, 0.3) is 5.91 Å². The maximum absolute atomic E-state index is 13.8. The molecule has 2 N–H and O–H groups in total. The van der Waals surface area contributed by atoms with Crippen molar-refractivity contribution in [2.75, 3.05) is 44.7 Å². The van der Waals surface area contributed by atoms with Crippen LogP contribution >= 0.6 is 0 Å². The minimum atomic E-state index is -0.719. The number of allylic oxidation sites excluding steroid dienone is 1. The number of hydrogen-bond acceptors (Lipinski definition) is 7. The maximum atomic E-state index is 13.8. The summed E-state index contributed by atoms with van der Waals surface area (Å²) in [5, 5.41) is 13.0. The standard InChI is InChI=1S/C27H29F2N3O5/c1-16(30-21-12-19(28)11-20(29)13-21)23-8-17(27(35)32-3-2-22(34)14-32)9-24-18(15-33)10-25(37-26(23)24)31-4-6-36-7-5-31/h8-13,15-16,18,22,30,34H,2-7,14H2,1H3/t16?,18?,22-/m0/s1. The summed E-state index contributed by atoms with van der Waals surface area (Å²) in [5.41, 5.74) is 1.67. The lowest BCUT2D eigenvalue weighted by atomic mass is 9.90. The molecule has 3 aliphatic heterocycles. The van der Waals surface area contributed by atoms with Gasteiger partial charge in [0.2, 0.25) is 0 Å². The summed E-state index contributed by atoms with van der Waals surface area (Å²) in [6, 6.07) is 5.96. The summed E-state index contributed by atoms with van der Waals surface area (Å²) in [6.07, 6.45) is 2.46. The number of carbonyl (C=O) groups excluding carboxylic acids is 2. The van der Waals surface area contributed by atoms with Gasteiger partial charge in [0, 0.05) is 54.6 Å². The summed E-state index contributed by atoms with van der Waals surface area (Å²) in [5.74, 6) is -1.41. The lowest BCUT2D eigenvalue weighted by molar-refractivity contribution is -0.108. The molecule has 3 aliphatic rings. The summed E-state index contributed by atoms with van der Waals surface area (Å²) >= 11 is 0. The van der Waals surface area contributed by atoms with E-state index < -0.39 is 29.7 Å². The first-order valence-electron chi connectivity index (χ1n) is 12.4. The minimum absolute atomic E-state index is 0.227. The smallest absolute Gasteiger partial charge is 0.253 e. The highest BCUT2D eigenvalue weighted by molar-refractivity contribution is 5.95. The second kappa shape index (κ2) is 10.5. The predicted molar refractivity (Wildman–Crippen MR) is 131 cm³/mol. The second-order valence-corrected chi connectivity index (χ2v) is 9.57. The molecule has 3 heterocycles. The zero-order chi connectivity index (χ0) is 26.1. The molecule has 0 aliphatic carbocycles. The van der Waals surface area contributed by atoms with Gasteiger partial charge in [-0.05, 0) is 43.7 Å². The highest BCUT2D eigenvalue weighted by atomic mass is 19.1. The summed E-state index contributed by atoms with van der Waals surface area (Å²) in [6.45, 7) is 4.72. The topological polar surface area (TPSA) is 91.3 Å². The van der Waals surface area contributed by atoms with Gasteiger partial charge in [0.05, 0.1) is 31.3 Å². The first-order valence-corrected chi connectivity index (χ1v) is 12.4. The molecule has 0 saturated carbocycles. The van der Waals surface area contributed by atoms with E-state index in [1.807, 2.05) is 4.90 Å². The Bertz CT molecular complexity index is 1210. The van der Waals surface area contributed by atoms with Gasteiger partial charge in [0.15, 0.2) is 5.88 Å². The molecule has 5 rings (SSSR count). The van der Waals surface area contributed by atoms with Gasteiger partial charge in [-0.1, -0.05) is 0 Å². The van der Waals surface area contributed by atoms with Gasteiger partial charge in [-0.25, -0.2) is 8.78 Å². The number of likely N-dealkylation sites (tertiary alicyclic amines) is 1. The molecule has 2 saturated heterocycles. The van der Waals surface area contributed by atoms with E-state index >= 15 is 0 Å². The van der Waals surface area contributed by atoms with Crippen molar-refractivity contribution in [2.24, 2.45) is 0 Å². The minimum Gasteiger partial charge on any atom is -0.441 e. The number of β-amino-alcohol motifs (C(OH)–C–C–N with tert-alkyl or cyclic N) is 1. The Morgan fingerprint density at radius 1 is 1.14 bits per heavy atom. The van der Waals surface area contributed by atoms with Crippen molar-refractivity contribution in [3.05, 3.63) is 70.6 Å². The number of aliphatic hydroxyl groups is 1. The molecule has 196 valence electrons. The molecular weight excluding hydrogens is 484 g/mol. The van der Waals surface area contributed by atoms with Crippen molar-refractivity contribution < 1.29 is 33.0 Å². The number of amides is 1. The number of hydrogen-bond donors (Lipinski definition) is 2. The van der Waals surface area contributed by atoms with E-state index in [0.29, 0.717) is 67.6 Å². The quantitative estimate of drug-likeness (QED) is 0.574. The van der Waals surface area contributed by atoms with Crippen molar-refractivity contribution >= 4 is 17.9 Å². The lowest BCUT2D eigenvalue weighted by Crippen LogP contribution is -2.38. The first-order chi connectivity index (χ1) is 17.8. The van der Waals surface area contributed by atoms with E-state index in [-0.39, 0.29) is 18.1 Å². The Labute approximate surface area is 213 Å². The molecule has 2 fully saturated rings. The van der Waals surface area contributed by atoms with Crippen molar-refractivity contribution in [3.8, 4) is 5.75 Å². The van der Waals surface area contributed by atoms with Crippen LogP contribution in [0.2, 0.25) is 0 Å². The third-order valence-corrected chi connectivity index (χ3v) is 6.91. The molecule has 0 spiro atoms. The molecule has 2 aromatic carbocycles. The van der Waals surface area contributed by atoms with E-state index in [1.165, 1.54) is 12.1 Å². The first kappa shape index (κ1) is 25.2. The van der Waals surface area contributed by atoms with Gasteiger partial charge < -0.3 is 34.5 Å². The second-order valence-electron chi connectivity index (χ2n) is 9.57. The van der Waals surface area contributed by atoms with Crippen LogP contribution in [0.4, 0.5) is 14.5 Å². The van der Waals surface area contributed by atoms with Crippen molar-refractivity contribution in [1.82, 2.24) is 9.80 Å². The van der Waals surface area contributed by atoms with E-state index in [1.54, 1.807) is 30.0 Å². The fraction of sp³-hybridized carbons (Fsp3) is 0.407. The Balaban J connectivity index is 1.55. The third kappa shape index (κ3) is 5.30. The fourth-order valence-electron chi connectivity index (χ4n) is 5.01. The monoisotopic (exact) mass is 513 g/mol. The van der Waals surface area contributed by atoms with Crippen molar-refractivity contribution in [1.29, 1.82) is 0 Å². The van der Waals surface area contributed by atoms with Crippen LogP contribution in [0.15, 0.2) is 42.3 Å². The number of halogens is 2. The van der Waals surface area contributed by atoms with E-state index in [0.717, 1.165) is 12.4 Å². The van der Waals surface area contributed by atoms with Gasteiger partial charge in [0.1, 0.15) is 23.7 Å². The number of morpholine rings is 1. The number of aliphatic hydroxyl groups excluding tert-OH is 1. The molecule has 8 nitrogen and oxygen atoms in total. The summed E-state index contributed by atoms with van der Waals surface area (Å²) in [7, 11) is 0. The van der Waals surface area contributed by atoms with Crippen LogP contribution in [-0.2, 0) is 9.53 Å². The van der Waals surface area contributed by atoms with Crippen LogP contribution in [0.3, 0.4) is 0 Å². The molecule has 10 heteroatoms. The number of fused-ring (bicyclic) bond motifs is 1. The van der Waals surface area contributed by atoms with Crippen molar-refractivity contribution in [3.63, 3.8) is 0 Å². The Morgan fingerprint density at radius 3 is 2.51 bits per heavy atom. The molecule has 37 heavy (non-hydrogen) atoms. The zero-order valence-corrected chi connectivity index (χ0v) is 20.5. The third-order valence-electron chi connectivity index (χ3n) is 6.91. The van der Waals surface area contributed by atoms with Crippen molar-refractivity contribution in [2.45, 2.75) is 31.4 Å². The largest absolute Gasteiger partial charge is 0.441 e. The van der Waals surface area contributed by atoms with Crippen LogP contribution in [0.1, 0.15) is 46.8 Å². The number of nitrogens with zero attached hydrogens (tertiary/aromatic N) is 2. The van der Waals surface area contributed by atoms with Crippen LogP contribution in [0.25, 0.3) is 0 Å². The normalized spacial score (nSPS) is 22.1. The van der Waals surface area contributed by atoms with Gasteiger partial charge in [-0.3, -0.25) is 4.79 Å². The van der Waals surface area contributed by atoms with Crippen LogP contribution < -0.4 is 10.1 Å². The Hall–Kier alpha value is -3.50. The summed E-state index contributed by atoms with van der Waals surface area (Å²) < 4.78 is 39.5. The molecule has 1 amide bonds. The number of carbonyl (C=O) groups is 2. The predicted octanol–water partition coefficient (Wildman–Crippen LogP) is 3.19. The summed E-state index contributed by atoms with van der Waals surface area (Å²) in [4.78, 5) is 29.1. The Kier molecular flexibility index (Phi) is 7.12.